The van der Waals surface area contributed by atoms with Crippen LogP contribution in [-0.4, -0.2) is 24.6 Å². The molecule has 0 atom stereocenters. The summed E-state index contributed by atoms with van der Waals surface area (Å²) in [5, 5.41) is 6.88. The largest absolute Gasteiger partial charge is 0.383 e. The maximum absolute atomic E-state index is 4.13. The van der Waals surface area contributed by atoms with Gasteiger partial charge in [0.25, 0.3) is 0 Å². The molecular formula is C12H19N3. The van der Waals surface area contributed by atoms with Crippen molar-refractivity contribution < 1.29 is 0 Å². The fourth-order valence-corrected chi connectivity index (χ4v) is 1.99. The highest BCUT2D eigenvalue weighted by atomic mass is 14.9. The molecule has 2 rings (SSSR count). The van der Waals surface area contributed by atoms with Crippen molar-refractivity contribution >= 4 is 5.69 Å². The Labute approximate surface area is 91.3 Å². The first kappa shape index (κ1) is 10.4. The van der Waals surface area contributed by atoms with Crippen molar-refractivity contribution in [2.24, 2.45) is 5.92 Å². The molecule has 0 spiro atoms. The van der Waals surface area contributed by atoms with Gasteiger partial charge in [0.15, 0.2) is 0 Å². The molecule has 1 fully saturated rings. The smallest absolute Gasteiger partial charge is 0.0556 e. The average molecular weight is 205 g/mol. The van der Waals surface area contributed by atoms with Crippen molar-refractivity contribution in [3.63, 3.8) is 0 Å². The predicted molar refractivity (Wildman–Crippen MR) is 63.1 cm³/mol. The maximum Gasteiger partial charge on any atom is 0.0556 e. The molecule has 1 aliphatic rings. The second kappa shape index (κ2) is 5.12. The Morgan fingerprint density at radius 1 is 1.47 bits per heavy atom. The van der Waals surface area contributed by atoms with Gasteiger partial charge in [-0.1, -0.05) is 0 Å². The Hall–Kier alpha value is -1.09. The lowest BCUT2D eigenvalue weighted by Gasteiger charge is -2.23. The van der Waals surface area contributed by atoms with Gasteiger partial charge < -0.3 is 10.6 Å². The number of nitrogens with one attached hydrogen (secondary N) is 2. The summed E-state index contributed by atoms with van der Waals surface area (Å²) in [6.45, 7) is 5.53. The third kappa shape index (κ3) is 2.93. The Morgan fingerprint density at radius 2 is 2.27 bits per heavy atom. The van der Waals surface area contributed by atoms with Crippen LogP contribution in [0.4, 0.5) is 5.69 Å². The molecule has 82 valence electrons. The molecule has 1 aliphatic heterocycles. The third-order valence-corrected chi connectivity index (χ3v) is 3.08. The van der Waals surface area contributed by atoms with Gasteiger partial charge in [-0.3, -0.25) is 4.98 Å². The minimum atomic E-state index is 0.811. The SMILES string of the molecule is Cc1ccncc1NCC1CCNCC1. The van der Waals surface area contributed by atoms with Crippen molar-refractivity contribution in [3.05, 3.63) is 24.0 Å². The first-order valence-corrected chi connectivity index (χ1v) is 5.71. The number of aryl methyl sites for hydroxylation is 1. The van der Waals surface area contributed by atoms with E-state index in [1.165, 1.54) is 37.2 Å². The molecule has 3 nitrogen and oxygen atoms in total. The zero-order valence-corrected chi connectivity index (χ0v) is 9.29. The van der Waals surface area contributed by atoms with Crippen molar-refractivity contribution in [2.45, 2.75) is 19.8 Å². The molecule has 1 aromatic heterocycles. The number of rotatable bonds is 3. The van der Waals surface area contributed by atoms with Crippen molar-refractivity contribution in [1.29, 1.82) is 0 Å². The monoisotopic (exact) mass is 205 g/mol. The van der Waals surface area contributed by atoms with Crippen molar-refractivity contribution in [1.82, 2.24) is 10.3 Å². The number of hydrogen-bond acceptors (Lipinski definition) is 3. The molecular weight excluding hydrogens is 186 g/mol. The molecule has 1 saturated heterocycles. The van der Waals surface area contributed by atoms with Gasteiger partial charge >= 0.3 is 0 Å². The maximum atomic E-state index is 4.13. The van der Waals surface area contributed by atoms with E-state index in [1.54, 1.807) is 0 Å². The number of hydrogen-bond donors (Lipinski definition) is 2. The van der Waals surface area contributed by atoms with Crippen LogP contribution in [0.1, 0.15) is 18.4 Å². The summed E-state index contributed by atoms with van der Waals surface area (Å²) < 4.78 is 0. The molecule has 0 radical (unpaired) electrons. The molecule has 0 aromatic carbocycles. The predicted octanol–water partition coefficient (Wildman–Crippen LogP) is 1.80. The molecule has 2 heterocycles. The van der Waals surface area contributed by atoms with Crippen LogP contribution in [-0.2, 0) is 0 Å². The van der Waals surface area contributed by atoms with E-state index in [4.69, 9.17) is 0 Å². The van der Waals surface area contributed by atoms with E-state index < -0.39 is 0 Å². The van der Waals surface area contributed by atoms with Crippen molar-refractivity contribution in [3.8, 4) is 0 Å². The highest BCUT2D eigenvalue weighted by Crippen LogP contribution is 2.15. The zero-order valence-electron chi connectivity index (χ0n) is 9.29. The van der Waals surface area contributed by atoms with E-state index in [0.717, 1.165) is 12.5 Å². The average Bonchev–Trinajstić information content (AvgIpc) is 2.29. The van der Waals surface area contributed by atoms with Crippen LogP contribution in [0.15, 0.2) is 18.5 Å². The number of pyridine rings is 1. The second-order valence-electron chi connectivity index (χ2n) is 4.26. The van der Waals surface area contributed by atoms with Crippen LogP contribution in [0.3, 0.4) is 0 Å². The third-order valence-electron chi connectivity index (χ3n) is 3.08. The van der Waals surface area contributed by atoms with Gasteiger partial charge in [-0.25, -0.2) is 0 Å². The molecule has 3 heteroatoms. The van der Waals surface area contributed by atoms with Gasteiger partial charge in [0.1, 0.15) is 0 Å². The van der Waals surface area contributed by atoms with Gasteiger partial charge in [0.2, 0.25) is 0 Å². The summed E-state index contributed by atoms with van der Waals surface area (Å²) >= 11 is 0. The topological polar surface area (TPSA) is 37.0 Å². The fourth-order valence-electron chi connectivity index (χ4n) is 1.99. The summed E-state index contributed by atoms with van der Waals surface area (Å²) in [5.41, 5.74) is 2.45. The minimum Gasteiger partial charge on any atom is -0.383 e. The van der Waals surface area contributed by atoms with Crippen LogP contribution in [0.5, 0.6) is 0 Å². The molecule has 1 aromatic rings. The van der Waals surface area contributed by atoms with Gasteiger partial charge in [-0.05, 0) is 50.4 Å². The van der Waals surface area contributed by atoms with Gasteiger partial charge in [0, 0.05) is 12.7 Å². The number of anilines is 1. The number of piperidine rings is 1. The van der Waals surface area contributed by atoms with Gasteiger partial charge in [0.05, 0.1) is 11.9 Å². The molecule has 2 N–H and O–H groups in total. The Bertz CT molecular complexity index is 305. The first-order valence-electron chi connectivity index (χ1n) is 5.71. The molecule has 0 amide bonds. The van der Waals surface area contributed by atoms with Crippen LogP contribution >= 0.6 is 0 Å². The highest BCUT2D eigenvalue weighted by molar-refractivity contribution is 5.47. The van der Waals surface area contributed by atoms with E-state index in [-0.39, 0.29) is 0 Å². The van der Waals surface area contributed by atoms with E-state index in [9.17, 15) is 0 Å². The second-order valence-corrected chi connectivity index (χ2v) is 4.26. The Morgan fingerprint density at radius 3 is 3.00 bits per heavy atom. The Kier molecular flexibility index (Phi) is 3.56. The molecule has 0 aliphatic carbocycles. The quantitative estimate of drug-likeness (QED) is 0.790. The standard InChI is InChI=1S/C12H19N3/c1-10-2-5-14-9-12(10)15-8-11-3-6-13-7-4-11/h2,5,9,11,13,15H,3-4,6-8H2,1H3. The Balaban J connectivity index is 1.84. The highest BCUT2D eigenvalue weighted by Gasteiger charge is 2.12. The van der Waals surface area contributed by atoms with Crippen LogP contribution in [0.25, 0.3) is 0 Å². The normalized spacial score (nSPS) is 17.7. The van der Waals surface area contributed by atoms with Crippen LogP contribution in [0.2, 0.25) is 0 Å². The van der Waals surface area contributed by atoms with E-state index in [0.29, 0.717) is 0 Å². The fraction of sp³-hybridized carbons (Fsp3) is 0.583. The summed E-state index contributed by atoms with van der Waals surface area (Å²) in [6.07, 6.45) is 6.32. The lowest BCUT2D eigenvalue weighted by atomic mass is 9.98. The lowest BCUT2D eigenvalue weighted by Crippen LogP contribution is -2.31. The van der Waals surface area contributed by atoms with Crippen LogP contribution in [0, 0.1) is 12.8 Å². The minimum absolute atomic E-state index is 0.811. The lowest BCUT2D eigenvalue weighted by molar-refractivity contribution is 0.390. The van der Waals surface area contributed by atoms with E-state index in [1.807, 2.05) is 18.5 Å². The summed E-state index contributed by atoms with van der Waals surface area (Å²) in [4.78, 5) is 4.13. The molecule has 0 unspecified atom stereocenters. The van der Waals surface area contributed by atoms with Gasteiger partial charge in [-0.15, -0.1) is 0 Å². The molecule has 15 heavy (non-hydrogen) atoms. The summed E-state index contributed by atoms with van der Waals surface area (Å²) in [7, 11) is 0. The number of aromatic nitrogens is 1. The molecule has 0 bridgehead atoms. The van der Waals surface area contributed by atoms with Crippen LogP contribution < -0.4 is 10.6 Å². The van der Waals surface area contributed by atoms with Crippen molar-refractivity contribution in [2.75, 3.05) is 25.0 Å². The van der Waals surface area contributed by atoms with Gasteiger partial charge in [-0.2, -0.15) is 0 Å². The zero-order chi connectivity index (χ0) is 10.5. The van der Waals surface area contributed by atoms with E-state index in [2.05, 4.69) is 22.5 Å². The summed E-state index contributed by atoms with van der Waals surface area (Å²) in [5.74, 6) is 0.811. The summed E-state index contributed by atoms with van der Waals surface area (Å²) in [6, 6.07) is 2.05. The number of nitrogens with zero attached hydrogens (tertiary/aromatic N) is 1. The molecule has 0 saturated carbocycles. The van der Waals surface area contributed by atoms with E-state index >= 15 is 0 Å². The first-order chi connectivity index (χ1) is 7.36.